The molecule has 0 amide bonds. The predicted molar refractivity (Wildman–Crippen MR) is 62.9 cm³/mol. The number of benzene rings is 1. The summed E-state index contributed by atoms with van der Waals surface area (Å²) in [6.07, 6.45) is 0.205. The molecule has 0 aliphatic carbocycles. The number of rotatable bonds is 2. The van der Waals surface area contributed by atoms with Crippen LogP contribution in [0.25, 0.3) is 0 Å². The summed E-state index contributed by atoms with van der Waals surface area (Å²) in [4.78, 5) is 11.3. The SMILES string of the molecule is O=C(OC[Si])c1cccc(I)c1Br. The molecule has 0 atom stereocenters. The second-order valence-electron chi connectivity index (χ2n) is 2.18. The molecule has 2 nitrogen and oxygen atoms in total. The fourth-order valence-corrected chi connectivity index (χ4v) is 1.86. The molecule has 3 radical (unpaired) electrons. The Morgan fingerprint density at radius 1 is 1.62 bits per heavy atom. The van der Waals surface area contributed by atoms with Crippen LogP contribution in [-0.4, -0.2) is 22.4 Å². The van der Waals surface area contributed by atoms with E-state index in [0.29, 0.717) is 5.56 Å². The van der Waals surface area contributed by atoms with Gasteiger partial charge in [-0.2, -0.15) is 0 Å². The van der Waals surface area contributed by atoms with E-state index in [0.717, 1.165) is 8.04 Å². The van der Waals surface area contributed by atoms with Crippen molar-refractivity contribution in [1.29, 1.82) is 0 Å². The zero-order chi connectivity index (χ0) is 9.84. The Morgan fingerprint density at radius 3 is 2.92 bits per heavy atom. The lowest BCUT2D eigenvalue weighted by Gasteiger charge is -2.04. The zero-order valence-electron chi connectivity index (χ0n) is 6.51. The number of carbonyl (C=O) groups is 1. The van der Waals surface area contributed by atoms with E-state index in [2.05, 4.69) is 48.8 Å². The van der Waals surface area contributed by atoms with Gasteiger partial charge in [-0.25, -0.2) is 4.79 Å². The molecule has 0 aliphatic heterocycles. The number of halogens is 2. The van der Waals surface area contributed by atoms with Gasteiger partial charge in [0.05, 0.1) is 22.0 Å². The summed E-state index contributed by atoms with van der Waals surface area (Å²) in [5, 5.41) is 0. The molecule has 0 N–H and O–H groups in total. The van der Waals surface area contributed by atoms with E-state index < -0.39 is 0 Å². The van der Waals surface area contributed by atoms with Crippen LogP contribution in [0, 0.1) is 3.57 Å². The van der Waals surface area contributed by atoms with E-state index in [1.165, 1.54) is 0 Å². The maximum absolute atomic E-state index is 11.3. The molecule has 5 heteroatoms. The first-order chi connectivity index (χ1) is 6.16. The molecule has 0 fully saturated rings. The van der Waals surface area contributed by atoms with Crippen LogP contribution < -0.4 is 0 Å². The summed E-state index contributed by atoms with van der Waals surface area (Å²) in [5.74, 6) is -0.333. The molecule has 13 heavy (non-hydrogen) atoms. The number of ether oxygens (including phenoxy) is 1. The van der Waals surface area contributed by atoms with Crippen LogP contribution in [0.1, 0.15) is 10.4 Å². The van der Waals surface area contributed by atoms with Crippen molar-refractivity contribution in [3.05, 3.63) is 31.8 Å². The van der Waals surface area contributed by atoms with Crippen LogP contribution in [0.3, 0.4) is 0 Å². The van der Waals surface area contributed by atoms with E-state index in [1.807, 2.05) is 12.1 Å². The van der Waals surface area contributed by atoms with Gasteiger partial charge in [-0.15, -0.1) is 0 Å². The van der Waals surface area contributed by atoms with Crippen molar-refractivity contribution in [2.75, 3.05) is 6.23 Å². The van der Waals surface area contributed by atoms with Crippen molar-refractivity contribution in [3.8, 4) is 0 Å². The first-order valence-corrected chi connectivity index (χ1v) is 6.00. The minimum Gasteiger partial charge on any atom is -0.467 e. The van der Waals surface area contributed by atoms with Crippen LogP contribution in [-0.2, 0) is 4.74 Å². The zero-order valence-corrected chi connectivity index (χ0v) is 11.3. The number of hydrogen-bond donors (Lipinski definition) is 0. The lowest BCUT2D eigenvalue weighted by Crippen LogP contribution is -2.07. The summed E-state index contributed by atoms with van der Waals surface area (Å²) in [5.41, 5.74) is 0.546. The fraction of sp³-hybridized carbons (Fsp3) is 0.125. The Labute approximate surface area is 102 Å². The summed E-state index contributed by atoms with van der Waals surface area (Å²) >= 11 is 5.47. The molecule has 0 spiro atoms. The Balaban J connectivity index is 3.01. The number of hydrogen-bond acceptors (Lipinski definition) is 2. The van der Waals surface area contributed by atoms with Crippen molar-refractivity contribution in [2.45, 2.75) is 0 Å². The van der Waals surface area contributed by atoms with E-state index in [9.17, 15) is 4.79 Å². The second kappa shape index (κ2) is 5.11. The molecule has 1 aromatic rings. The molecular formula is C8H5BrIO2Si. The van der Waals surface area contributed by atoms with Crippen molar-refractivity contribution < 1.29 is 9.53 Å². The first kappa shape index (κ1) is 11.2. The van der Waals surface area contributed by atoms with Gasteiger partial charge in [0.2, 0.25) is 0 Å². The van der Waals surface area contributed by atoms with Gasteiger partial charge in [0.25, 0.3) is 0 Å². The Hall–Kier alpha value is 0.117. The highest BCUT2D eigenvalue weighted by Crippen LogP contribution is 2.23. The van der Waals surface area contributed by atoms with Crippen molar-refractivity contribution in [1.82, 2.24) is 0 Å². The standard InChI is InChI=1S/C8H5BrIO2Si/c9-7-5(8(11)12-4-13)2-1-3-6(7)10/h1-3H,4H2. The molecule has 67 valence electrons. The average Bonchev–Trinajstić information content (AvgIpc) is 2.10. The lowest BCUT2D eigenvalue weighted by atomic mass is 10.2. The minimum atomic E-state index is -0.333. The van der Waals surface area contributed by atoms with Gasteiger partial charge in [0.15, 0.2) is 0 Å². The quantitative estimate of drug-likeness (QED) is 0.455. The molecular weight excluding hydrogens is 363 g/mol. The Bertz CT molecular complexity index is 330. The molecule has 0 unspecified atom stereocenters. The van der Waals surface area contributed by atoms with E-state index >= 15 is 0 Å². The molecule has 0 aliphatic rings. The van der Waals surface area contributed by atoms with Crippen LogP contribution >= 0.6 is 38.5 Å². The third-order valence-electron chi connectivity index (χ3n) is 1.37. The van der Waals surface area contributed by atoms with Gasteiger partial charge >= 0.3 is 5.97 Å². The Morgan fingerprint density at radius 2 is 2.31 bits per heavy atom. The van der Waals surface area contributed by atoms with E-state index in [-0.39, 0.29) is 12.2 Å². The summed E-state index contributed by atoms with van der Waals surface area (Å²) in [7, 11) is 3.08. The Kier molecular flexibility index (Phi) is 4.40. The maximum atomic E-state index is 11.3. The summed E-state index contributed by atoms with van der Waals surface area (Å²) in [6, 6.07) is 5.45. The van der Waals surface area contributed by atoms with Gasteiger partial charge in [-0.05, 0) is 50.7 Å². The molecule has 0 bridgehead atoms. The summed E-state index contributed by atoms with van der Waals surface area (Å²) < 4.78 is 6.57. The number of carbonyl (C=O) groups excluding carboxylic acids is 1. The highest BCUT2D eigenvalue weighted by molar-refractivity contribution is 14.1. The van der Waals surface area contributed by atoms with Gasteiger partial charge in [-0.1, -0.05) is 6.07 Å². The topological polar surface area (TPSA) is 26.3 Å². The smallest absolute Gasteiger partial charge is 0.338 e. The van der Waals surface area contributed by atoms with Crippen LogP contribution in [0.5, 0.6) is 0 Å². The first-order valence-electron chi connectivity index (χ1n) is 3.42. The second-order valence-corrected chi connectivity index (χ2v) is 4.42. The average molecular weight is 368 g/mol. The van der Waals surface area contributed by atoms with Crippen molar-refractivity contribution in [3.63, 3.8) is 0 Å². The minimum absolute atomic E-state index is 0.205. The highest BCUT2D eigenvalue weighted by atomic mass is 127. The van der Waals surface area contributed by atoms with Gasteiger partial charge < -0.3 is 4.74 Å². The van der Waals surface area contributed by atoms with Crippen LogP contribution in [0.15, 0.2) is 22.7 Å². The molecule has 1 rings (SSSR count). The number of esters is 1. The molecule has 0 aromatic heterocycles. The fourth-order valence-electron chi connectivity index (χ4n) is 0.805. The summed E-state index contributed by atoms with van der Waals surface area (Å²) in [6.45, 7) is 0. The van der Waals surface area contributed by atoms with Crippen molar-refractivity contribution >= 4 is 54.7 Å². The van der Waals surface area contributed by atoms with Gasteiger partial charge in [-0.3, -0.25) is 0 Å². The van der Waals surface area contributed by atoms with E-state index in [1.54, 1.807) is 6.07 Å². The molecule has 0 heterocycles. The monoisotopic (exact) mass is 367 g/mol. The largest absolute Gasteiger partial charge is 0.467 e. The lowest BCUT2D eigenvalue weighted by molar-refractivity contribution is 0.0572. The van der Waals surface area contributed by atoms with Crippen LogP contribution in [0.4, 0.5) is 0 Å². The highest BCUT2D eigenvalue weighted by Gasteiger charge is 2.11. The normalized spacial score (nSPS) is 9.77. The van der Waals surface area contributed by atoms with Gasteiger partial charge in [0.1, 0.15) is 0 Å². The van der Waals surface area contributed by atoms with Crippen molar-refractivity contribution in [2.24, 2.45) is 0 Å². The third kappa shape index (κ3) is 2.78. The molecule has 0 saturated carbocycles. The third-order valence-corrected chi connectivity index (χ3v) is 4.01. The molecule has 0 saturated heterocycles. The maximum Gasteiger partial charge on any atom is 0.338 e. The van der Waals surface area contributed by atoms with Gasteiger partial charge in [0, 0.05) is 8.04 Å². The van der Waals surface area contributed by atoms with E-state index in [4.69, 9.17) is 4.74 Å². The van der Waals surface area contributed by atoms with Crippen LogP contribution in [0.2, 0.25) is 0 Å². The molecule has 1 aromatic carbocycles. The predicted octanol–water partition coefficient (Wildman–Crippen LogP) is 2.34.